The predicted molar refractivity (Wildman–Crippen MR) is 75.5 cm³/mol. The SMILES string of the molecule is COCCOCCOCCc1cccc2c1C(=O)NC2=O. The third kappa shape index (κ3) is 4.10. The molecule has 0 saturated heterocycles. The lowest BCUT2D eigenvalue weighted by Crippen LogP contribution is -2.20. The van der Waals surface area contributed by atoms with Gasteiger partial charge in [-0.05, 0) is 18.1 Å². The molecule has 0 radical (unpaired) electrons. The maximum atomic E-state index is 11.7. The lowest BCUT2D eigenvalue weighted by molar-refractivity contribution is 0.0255. The van der Waals surface area contributed by atoms with Crippen molar-refractivity contribution in [2.75, 3.05) is 40.1 Å². The number of hydrogen-bond donors (Lipinski definition) is 1. The van der Waals surface area contributed by atoms with Gasteiger partial charge in [0.1, 0.15) is 0 Å². The molecule has 1 aromatic carbocycles. The maximum Gasteiger partial charge on any atom is 0.259 e. The van der Waals surface area contributed by atoms with Crippen LogP contribution in [0.4, 0.5) is 0 Å². The van der Waals surface area contributed by atoms with Crippen LogP contribution in [0.3, 0.4) is 0 Å². The van der Waals surface area contributed by atoms with Crippen LogP contribution in [0, 0.1) is 0 Å². The third-order valence-electron chi connectivity index (χ3n) is 3.17. The van der Waals surface area contributed by atoms with Crippen molar-refractivity contribution in [3.05, 3.63) is 34.9 Å². The molecule has 1 aromatic rings. The lowest BCUT2D eigenvalue weighted by atomic mass is 10.0. The summed E-state index contributed by atoms with van der Waals surface area (Å²) in [4.78, 5) is 23.3. The van der Waals surface area contributed by atoms with Crippen LogP contribution in [-0.2, 0) is 20.6 Å². The second-order valence-corrected chi connectivity index (χ2v) is 4.59. The Morgan fingerprint density at radius 2 is 1.67 bits per heavy atom. The van der Waals surface area contributed by atoms with Gasteiger partial charge in [-0.2, -0.15) is 0 Å². The monoisotopic (exact) mass is 293 g/mol. The van der Waals surface area contributed by atoms with E-state index in [1.54, 1.807) is 19.2 Å². The summed E-state index contributed by atoms with van der Waals surface area (Å²) in [6.07, 6.45) is 0.585. The zero-order chi connectivity index (χ0) is 15.1. The molecule has 0 spiro atoms. The van der Waals surface area contributed by atoms with Crippen molar-refractivity contribution in [3.8, 4) is 0 Å². The standard InChI is InChI=1S/C15H19NO5/c1-19-7-8-21-10-9-20-6-5-11-3-2-4-12-13(11)15(18)16-14(12)17/h2-4H,5-10H2,1H3,(H,16,17,18). The molecule has 0 saturated carbocycles. The number of nitrogens with one attached hydrogen (secondary N) is 1. The van der Waals surface area contributed by atoms with E-state index in [1.807, 2.05) is 6.07 Å². The fraction of sp³-hybridized carbons (Fsp3) is 0.467. The lowest BCUT2D eigenvalue weighted by Gasteiger charge is -2.07. The summed E-state index contributed by atoms with van der Waals surface area (Å²) in [5.74, 6) is -0.655. The number of methoxy groups -OCH3 is 1. The summed E-state index contributed by atoms with van der Waals surface area (Å²) in [6.45, 7) is 2.60. The molecule has 6 heteroatoms. The first-order chi connectivity index (χ1) is 10.2. The van der Waals surface area contributed by atoms with Crippen molar-refractivity contribution in [2.45, 2.75) is 6.42 Å². The van der Waals surface area contributed by atoms with Gasteiger partial charge < -0.3 is 14.2 Å². The average Bonchev–Trinajstić information content (AvgIpc) is 2.78. The van der Waals surface area contributed by atoms with Gasteiger partial charge in [0.05, 0.1) is 44.2 Å². The molecule has 1 aliphatic rings. The Labute approximate surface area is 123 Å². The maximum absolute atomic E-state index is 11.7. The number of carbonyl (C=O) groups is 2. The Hall–Kier alpha value is -1.76. The van der Waals surface area contributed by atoms with E-state index in [9.17, 15) is 9.59 Å². The molecule has 0 atom stereocenters. The molecule has 21 heavy (non-hydrogen) atoms. The van der Waals surface area contributed by atoms with Gasteiger partial charge in [0.25, 0.3) is 11.8 Å². The summed E-state index contributed by atoms with van der Waals surface area (Å²) in [7, 11) is 1.62. The highest BCUT2D eigenvalue weighted by Crippen LogP contribution is 2.20. The quantitative estimate of drug-likeness (QED) is 0.538. The average molecular weight is 293 g/mol. The normalized spacial score (nSPS) is 13.4. The van der Waals surface area contributed by atoms with Gasteiger partial charge in [-0.25, -0.2) is 0 Å². The number of benzene rings is 1. The number of carbonyl (C=O) groups excluding carboxylic acids is 2. The molecule has 1 N–H and O–H groups in total. The topological polar surface area (TPSA) is 73.9 Å². The van der Waals surface area contributed by atoms with Crippen molar-refractivity contribution in [1.82, 2.24) is 5.32 Å². The molecule has 1 aliphatic heterocycles. The first-order valence-corrected chi connectivity index (χ1v) is 6.86. The molecule has 2 rings (SSSR count). The number of imide groups is 1. The zero-order valence-electron chi connectivity index (χ0n) is 12.0. The summed E-state index contributed by atoms with van der Waals surface area (Å²) >= 11 is 0. The molecule has 2 amide bonds. The molecule has 0 fully saturated rings. The Morgan fingerprint density at radius 1 is 0.952 bits per heavy atom. The molecule has 1 heterocycles. The van der Waals surface area contributed by atoms with Crippen LogP contribution in [0.25, 0.3) is 0 Å². The van der Waals surface area contributed by atoms with E-state index in [4.69, 9.17) is 14.2 Å². The highest BCUT2D eigenvalue weighted by atomic mass is 16.5. The largest absolute Gasteiger partial charge is 0.382 e. The van der Waals surface area contributed by atoms with Crippen molar-refractivity contribution >= 4 is 11.8 Å². The van der Waals surface area contributed by atoms with Gasteiger partial charge in [0.15, 0.2) is 0 Å². The van der Waals surface area contributed by atoms with E-state index in [2.05, 4.69) is 5.32 Å². The molecule has 114 valence electrons. The molecule has 0 aliphatic carbocycles. The third-order valence-corrected chi connectivity index (χ3v) is 3.17. The van der Waals surface area contributed by atoms with Crippen molar-refractivity contribution in [1.29, 1.82) is 0 Å². The minimum Gasteiger partial charge on any atom is -0.382 e. The van der Waals surface area contributed by atoms with Crippen molar-refractivity contribution < 1.29 is 23.8 Å². The molecule has 0 bridgehead atoms. The number of hydrogen-bond acceptors (Lipinski definition) is 5. The van der Waals surface area contributed by atoms with E-state index in [-0.39, 0.29) is 11.8 Å². The van der Waals surface area contributed by atoms with Crippen LogP contribution in [0.2, 0.25) is 0 Å². The summed E-state index contributed by atoms with van der Waals surface area (Å²) < 4.78 is 15.6. The number of rotatable bonds is 9. The van der Waals surface area contributed by atoms with E-state index in [0.29, 0.717) is 50.6 Å². The van der Waals surface area contributed by atoms with Gasteiger partial charge in [-0.3, -0.25) is 14.9 Å². The van der Waals surface area contributed by atoms with Gasteiger partial charge in [-0.1, -0.05) is 12.1 Å². The van der Waals surface area contributed by atoms with Gasteiger partial charge in [0.2, 0.25) is 0 Å². The van der Waals surface area contributed by atoms with Crippen LogP contribution in [-0.4, -0.2) is 52.0 Å². The minimum absolute atomic E-state index is 0.325. The second kappa shape index (κ2) is 7.87. The van der Waals surface area contributed by atoms with Gasteiger partial charge in [-0.15, -0.1) is 0 Å². The Kier molecular flexibility index (Phi) is 5.86. The Balaban J connectivity index is 1.75. The van der Waals surface area contributed by atoms with Crippen LogP contribution < -0.4 is 5.32 Å². The highest BCUT2D eigenvalue weighted by Gasteiger charge is 2.28. The van der Waals surface area contributed by atoms with E-state index < -0.39 is 0 Å². The number of amides is 2. The molecule has 6 nitrogen and oxygen atoms in total. The number of ether oxygens (including phenoxy) is 3. The molecule has 0 aromatic heterocycles. The van der Waals surface area contributed by atoms with Gasteiger partial charge in [0, 0.05) is 7.11 Å². The first kappa shape index (κ1) is 15.6. The second-order valence-electron chi connectivity index (χ2n) is 4.59. The minimum atomic E-state index is -0.329. The zero-order valence-corrected chi connectivity index (χ0v) is 12.0. The van der Waals surface area contributed by atoms with Crippen LogP contribution in [0.5, 0.6) is 0 Å². The molecular formula is C15H19NO5. The van der Waals surface area contributed by atoms with E-state index in [0.717, 1.165) is 5.56 Å². The van der Waals surface area contributed by atoms with Gasteiger partial charge >= 0.3 is 0 Å². The van der Waals surface area contributed by atoms with Crippen LogP contribution in [0.15, 0.2) is 18.2 Å². The fourth-order valence-electron chi connectivity index (χ4n) is 2.15. The summed E-state index contributed by atoms with van der Waals surface area (Å²) in [6, 6.07) is 5.28. The number of fused-ring (bicyclic) bond motifs is 1. The fourth-order valence-corrected chi connectivity index (χ4v) is 2.15. The van der Waals surface area contributed by atoms with E-state index >= 15 is 0 Å². The molecular weight excluding hydrogens is 274 g/mol. The van der Waals surface area contributed by atoms with Crippen LogP contribution in [0.1, 0.15) is 26.3 Å². The molecule has 0 unspecified atom stereocenters. The van der Waals surface area contributed by atoms with Crippen LogP contribution >= 0.6 is 0 Å². The summed E-state index contributed by atoms with van der Waals surface area (Å²) in [5.41, 5.74) is 1.75. The summed E-state index contributed by atoms with van der Waals surface area (Å²) in [5, 5.41) is 2.30. The first-order valence-electron chi connectivity index (χ1n) is 6.86. The van der Waals surface area contributed by atoms with Crippen molar-refractivity contribution in [3.63, 3.8) is 0 Å². The smallest absolute Gasteiger partial charge is 0.259 e. The van der Waals surface area contributed by atoms with Crippen molar-refractivity contribution in [2.24, 2.45) is 0 Å². The Bertz CT molecular complexity index is 515. The highest BCUT2D eigenvalue weighted by molar-refractivity contribution is 6.22. The Morgan fingerprint density at radius 3 is 2.43 bits per heavy atom. The van der Waals surface area contributed by atoms with E-state index in [1.165, 1.54) is 0 Å². The predicted octanol–water partition coefficient (Wildman–Crippen LogP) is 0.792.